The number of hydrogen-bond donors (Lipinski definition) is 2. The van der Waals surface area contributed by atoms with Crippen LogP contribution in [-0.4, -0.2) is 24.2 Å². The average Bonchev–Trinajstić information content (AvgIpc) is 2.84. The number of ether oxygens (including phenoxy) is 1. The number of nitrogens with zero attached hydrogens (tertiary/aromatic N) is 1. The van der Waals surface area contributed by atoms with Crippen LogP contribution < -0.4 is 10.6 Å². The fourth-order valence-corrected chi connectivity index (χ4v) is 4.91. The first-order chi connectivity index (χ1) is 16.8. The van der Waals surface area contributed by atoms with E-state index in [2.05, 4.69) is 23.3 Å². The van der Waals surface area contributed by atoms with Crippen LogP contribution in [-0.2, 0) is 14.3 Å². The summed E-state index contributed by atoms with van der Waals surface area (Å²) >= 11 is 13.8. The molecular formula is C26H23Cl2N3O3S. The van der Waals surface area contributed by atoms with Crippen molar-refractivity contribution in [2.75, 3.05) is 17.7 Å². The maximum absolute atomic E-state index is 12.9. The van der Waals surface area contributed by atoms with Gasteiger partial charge in [0.05, 0.1) is 33.9 Å². The van der Waals surface area contributed by atoms with E-state index >= 15 is 0 Å². The fraction of sp³-hybridized carbons (Fsp3) is 0.192. The number of rotatable bonds is 8. The van der Waals surface area contributed by atoms with E-state index in [9.17, 15) is 14.9 Å². The van der Waals surface area contributed by atoms with Crippen molar-refractivity contribution in [3.05, 3.63) is 98.2 Å². The number of benzene rings is 2. The highest BCUT2D eigenvalue weighted by Gasteiger charge is 2.36. The number of nitrogens with one attached hydrogen (secondary N) is 2. The summed E-state index contributed by atoms with van der Waals surface area (Å²) in [5.41, 5.74) is 3.03. The highest BCUT2D eigenvalue weighted by atomic mass is 35.5. The molecule has 9 heteroatoms. The van der Waals surface area contributed by atoms with E-state index in [1.165, 1.54) is 6.08 Å². The molecule has 0 fully saturated rings. The Morgan fingerprint density at radius 3 is 2.60 bits per heavy atom. The number of anilines is 1. The summed E-state index contributed by atoms with van der Waals surface area (Å²) in [5.74, 6) is -1.57. The van der Waals surface area contributed by atoms with Gasteiger partial charge < -0.3 is 15.4 Å². The van der Waals surface area contributed by atoms with Gasteiger partial charge in [-0.05, 0) is 43.2 Å². The molecule has 1 unspecified atom stereocenters. The lowest BCUT2D eigenvalue weighted by molar-refractivity contribution is -0.138. The van der Waals surface area contributed by atoms with Crippen LogP contribution >= 0.6 is 35.0 Å². The van der Waals surface area contributed by atoms with Crippen LogP contribution in [0.15, 0.2) is 77.0 Å². The molecule has 2 aromatic rings. The molecule has 0 saturated carbocycles. The van der Waals surface area contributed by atoms with Gasteiger partial charge in [0.1, 0.15) is 6.61 Å². The molecule has 2 aromatic carbocycles. The predicted molar refractivity (Wildman–Crippen MR) is 141 cm³/mol. The van der Waals surface area contributed by atoms with Gasteiger partial charge in [-0.15, -0.1) is 0 Å². The highest BCUT2D eigenvalue weighted by molar-refractivity contribution is 8.03. The van der Waals surface area contributed by atoms with Gasteiger partial charge in [-0.1, -0.05) is 71.9 Å². The molecule has 0 bridgehead atoms. The molecule has 1 aliphatic rings. The smallest absolute Gasteiger partial charge is 0.337 e. The van der Waals surface area contributed by atoms with Gasteiger partial charge >= 0.3 is 5.97 Å². The van der Waals surface area contributed by atoms with Crippen molar-refractivity contribution in [3.63, 3.8) is 0 Å². The van der Waals surface area contributed by atoms with Gasteiger partial charge in [0, 0.05) is 21.4 Å². The number of esters is 1. The van der Waals surface area contributed by atoms with Crippen molar-refractivity contribution < 1.29 is 14.3 Å². The van der Waals surface area contributed by atoms with Crippen LogP contribution in [0.25, 0.3) is 0 Å². The quantitative estimate of drug-likeness (QED) is 0.318. The van der Waals surface area contributed by atoms with Crippen LogP contribution in [0.4, 0.5) is 5.69 Å². The number of hydrogen-bond acceptors (Lipinski definition) is 6. The number of allylic oxidation sites excluding steroid dienone is 2. The number of nitriles is 1. The third-order valence-corrected chi connectivity index (χ3v) is 7.08. The lowest BCUT2D eigenvalue weighted by Gasteiger charge is -2.29. The molecule has 2 N–H and O–H groups in total. The lowest BCUT2D eigenvalue weighted by atomic mass is 9.82. The van der Waals surface area contributed by atoms with Crippen molar-refractivity contribution in [1.82, 2.24) is 5.32 Å². The molecule has 0 radical (unpaired) electrons. The fourth-order valence-electron chi connectivity index (χ4n) is 3.60. The topological polar surface area (TPSA) is 91.2 Å². The highest BCUT2D eigenvalue weighted by Crippen LogP contribution is 2.43. The van der Waals surface area contributed by atoms with E-state index in [4.69, 9.17) is 27.9 Å². The summed E-state index contributed by atoms with van der Waals surface area (Å²) < 4.78 is 5.29. The SMILES string of the molecule is C=CCOC(=O)C1=C(C)NC(SCC(=O)Nc2cccc(Cl)c2C)=C(C#N)C1c1ccccc1Cl. The zero-order chi connectivity index (χ0) is 25.5. The average molecular weight is 528 g/mol. The molecule has 6 nitrogen and oxygen atoms in total. The number of dihydropyridines is 1. The largest absolute Gasteiger partial charge is 0.458 e. The molecule has 1 atom stereocenters. The van der Waals surface area contributed by atoms with Crippen LogP contribution in [0, 0.1) is 18.3 Å². The van der Waals surface area contributed by atoms with E-state index in [1.54, 1.807) is 49.4 Å². The number of carbonyl (C=O) groups excluding carboxylic acids is 2. The molecule has 0 aromatic heterocycles. The molecule has 1 amide bonds. The third kappa shape index (κ3) is 6.09. The molecule has 3 rings (SSSR count). The zero-order valence-electron chi connectivity index (χ0n) is 19.2. The van der Waals surface area contributed by atoms with E-state index in [-0.39, 0.29) is 29.4 Å². The van der Waals surface area contributed by atoms with Crippen molar-refractivity contribution in [1.29, 1.82) is 5.26 Å². The minimum absolute atomic E-state index is 0.0260. The normalized spacial score (nSPS) is 15.2. The first kappa shape index (κ1) is 26.4. The molecule has 0 spiro atoms. The van der Waals surface area contributed by atoms with Crippen molar-refractivity contribution in [2.45, 2.75) is 19.8 Å². The summed E-state index contributed by atoms with van der Waals surface area (Å²) in [5, 5.41) is 17.5. The van der Waals surface area contributed by atoms with Gasteiger partial charge in [-0.2, -0.15) is 5.26 Å². The first-order valence-electron chi connectivity index (χ1n) is 10.6. The first-order valence-corrected chi connectivity index (χ1v) is 12.3. The minimum Gasteiger partial charge on any atom is -0.458 e. The Morgan fingerprint density at radius 2 is 1.91 bits per heavy atom. The summed E-state index contributed by atoms with van der Waals surface area (Å²) in [6.07, 6.45) is 1.47. The van der Waals surface area contributed by atoms with Crippen LogP contribution in [0.1, 0.15) is 24.0 Å². The molecule has 35 heavy (non-hydrogen) atoms. The molecule has 180 valence electrons. The Kier molecular flexibility index (Phi) is 9.05. The number of amides is 1. The standard InChI is InChI=1S/C26H23Cl2N3O3S/c1-4-12-34-26(33)23-16(3)30-25(18(13-29)24(23)17-8-5-6-9-20(17)28)35-14-22(32)31-21-11-7-10-19(27)15(21)2/h4-11,24,30H,1,12,14H2,2-3H3,(H,31,32). The van der Waals surface area contributed by atoms with Gasteiger partial charge in [0.25, 0.3) is 0 Å². The van der Waals surface area contributed by atoms with E-state index in [1.807, 2.05) is 6.92 Å². The van der Waals surface area contributed by atoms with Gasteiger partial charge in [0.15, 0.2) is 0 Å². The van der Waals surface area contributed by atoms with Crippen LogP contribution in [0.3, 0.4) is 0 Å². The predicted octanol–water partition coefficient (Wildman–Crippen LogP) is 6.10. The molecule has 1 aliphatic heterocycles. The lowest BCUT2D eigenvalue weighted by Crippen LogP contribution is -2.29. The Labute approximate surface area is 218 Å². The third-order valence-electron chi connectivity index (χ3n) is 5.31. The molecular weight excluding hydrogens is 505 g/mol. The Balaban J connectivity index is 1.92. The van der Waals surface area contributed by atoms with E-state index in [0.717, 1.165) is 17.3 Å². The van der Waals surface area contributed by atoms with Gasteiger partial charge in [-0.3, -0.25) is 4.79 Å². The Bertz CT molecular complexity index is 1280. The van der Waals surface area contributed by atoms with Crippen molar-refractivity contribution >= 4 is 52.5 Å². The minimum atomic E-state index is -0.756. The van der Waals surface area contributed by atoms with E-state index < -0.39 is 11.9 Å². The van der Waals surface area contributed by atoms with Crippen LogP contribution in [0.2, 0.25) is 10.0 Å². The maximum atomic E-state index is 12.9. The van der Waals surface area contributed by atoms with Crippen LogP contribution in [0.5, 0.6) is 0 Å². The summed E-state index contributed by atoms with van der Waals surface area (Å²) in [7, 11) is 0. The van der Waals surface area contributed by atoms with Crippen molar-refractivity contribution in [2.24, 2.45) is 0 Å². The molecule has 0 aliphatic carbocycles. The zero-order valence-corrected chi connectivity index (χ0v) is 21.5. The number of thioether (sulfide) groups is 1. The monoisotopic (exact) mass is 527 g/mol. The van der Waals surface area contributed by atoms with Crippen molar-refractivity contribution in [3.8, 4) is 6.07 Å². The Hall–Kier alpha value is -3.18. The summed E-state index contributed by atoms with van der Waals surface area (Å²) in [6.45, 7) is 7.14. The molecule has 1 heterocycles. The van der Waals surface area contributed by atoms with Gasteiger partial charge in [-0.25, -0.2) is 4.79 Å². The maximum Gasteiger partial charge on any atom is 0.337 e. The summed E-state index contributed by atoms with van der Waals surface area (Å²) in [6, 6.07) is 14.5. The number of carbonyl (C=O) groups is 2. The van der Waals surface area contributed by atoms with E-state index in [0.29, 0.717) is 32.0 Å². The second-order valence-corrected chi connectivity index (χ2v) is 9.41. The second-order valence-electron chi connectivity index (χ2n) is 7.61. The Morgan fingerprint density at radius 1 is 1.20 bits per heavy atom. The number of halogens is 2. The molecule has 0 saturated heterocycles. The second kappa shape index (κ2) is 12.0. The van der Waals surface area contributed by atoms with Gasteiger partial charge in [0.2, 0.25) is 5.91 Å². The summed E-state index contributed by atoms with van der Waals surface area (Å²) in [4.78, 5) is 25.6.